The third-order valence-electron chi connectivity index (χ3n) is 5.93. The number of hydrogen-bond acceptors (Lipinski definition) is 6. The molecule has 1 aliphatic rings. The predicted molar refractivity (Wildman–Crippen MR) is 158 cm³/mol. The Kier molecular flexibility index (Phi) is 8.99. The van der Waals surface area contributed by atoms with Gasteiger partial charge >= 0.3 is 0 Å². The summed E-state index contributed by atoms with van der Waals surface area (Å²) in [5, 5.41) is 4.81. The van der Waals surface area contributed by atoms with Crippen LogP contribution in [0.2, 0.25) is 0 Å². The van der Waals surface area contributed by atoms with Crippen LogP contribution in [0.15, 0.2) is 83.2 Å². The Balaban J connectivity index is 1.82. The Hall–Kier alpha value is -3.05. The molecule has 10 heteroatoms. The molecule has 4 rings (SSSR count). The topological polar surface area (TPSA) is 75.5 Å². The maximum Gasteiger partial charge on any atom is 0.266 e. The number of hydrogen-bond donors (Lipinski definition) is 0. The molecule has 1 fully saturated rings. The molecular weight excluding hydrogens is 537 g/mol. The highest BCUT2D eigenvalue weighted by atomic mass is 32.2. The van der Waals surface area contributed by atoms with E-state index in [-0.39, 0.29) is 10.8 Å². The molecule has 2 heterocycles. The summed E-state index contributed by atoms with van der Waals surface area (Å²) in [5.74, 6) is -0.190. The first kappa shape index (κ1) is 28.0. The average Bonchev–Trinajstić information content (AvgIpc) is 3.46. The lowest BCUT2D eigenvalue weighted by atomic mass is 10.1. The number of carbonyl (C=O) groups is 1. The standard InChI is InChI=1S/C28H30N4O3S3/c1-4-15-30(16-5-2)38(34,35)24-14-10-11-21(18-24)26-22(20-32(29-26)23-12-8-7-9-13-23)19-25-27(33)31(17-6-3)28(36)37-25/h6-14,18-20H,3-5,15-17H2,1-2H3/b25-19-. The van der Waals surface area contributed by atoms with Gasteiger partial charge < -0.3 is 0 Å². The van der Waals surface area contributed by atoms with Gasteiger partial charge in [0.1, 0.15) is 10.0 Å². The summed E-state index contributed by atoms with van der Waals surface area (Å²) in [5.41, 5.74) is 2.73. The second kappa shape index (κ2) is 12.2. The summed E-state index contributed by atoms with van der Waals surface area (Å²) in [4.78, 5) is 15.2. The fourth-order valence-corrected chi connectivity index (χ4v) is 7.10. The number of amides is 1. The van der Waals surface area contributed by atoms with Crippen molar-refractivity contribution >= 4 is 50.3 Å². The van der Waals surface area contributed by atoms with E-state index in [2.05, 4.69) is 6.58 Å². The van der Waals surface area contributed by atoms with Crippen LogP contribution in [0.5, 0.6) is 0 Å². The lowest BCUT2D eigenvalue weighted by Crippen LogP contribution is -2.32. The maximum absolute atomic E-state index is 13.5. The van der Waals surface area contributed by atoms with Crippen molar-refractivity contribution < 1.29 is 13.2 Å². The number of thiocarbonyl (C=S) groups is 1. The van der Waals surface area contributed by atoms with Crippen LogP contribution in [0, 0.1) is 0 Å². The highest BCUT2D eigenvalue weighted by molar-refractivity contribution is 8.26. The molecule has 198 valence electrons. The van der Waals surface area contributed by atoms with E-state index in [0.29, 0.717) is 45.7 Å². The van der Waals surface area contributed by atoms with Crippen LogP contribution < -0.4 is 0 Å². The van der Waals surface area contributed by atoms with Crippen molar-refractivity contribution in [3.63, 3.8) is 0 Å². The second-order valence-corrected chi connectivity index (χ2v) is 12.3. The maximum atomic E-state index is 13.5. The summed E-state index contributed by atoms with van der Waals surface area (Å²) in [6, 6.07) is 16.5. The Morgan fingerprint density at radius 3 is 2.45 bits per heavy atom. The number of benzene rings is 2. The second-order valence-electron chi connectivity index (χ2n) is 8.73. The van der Waals surface area contributed by atoms with Gasteiger partial charge in [0, 0.05) is 37.0 Å². The molecule has 2 aromatic carbocycles. The zero-order chi connectivity index (χ0) is 27.3. The van der Waals surface area contributed by atoms with E-state index in [1.54, 1.807) is 35.0 Å². The highest BCUT2D eigenvalue weighted by Crippen LogP contribution is 2.35. The fraction of sp³-hybridized carbons (Fsp3) is 0.250. The molecule has 0 radical (unpaired) electrons. The van der Waals surface area contributed by atoms with Crippen LogP contribution in [-0.2, 0) is 14.8 Å². The van der Waals surface area contributed by atoms with E-state index in [0.717, 1.165) is 18.5 Å². The van der Waals surface area contributed by atoms with E-state index < -0.39 is 10.0 Å². The lowest BCUT2D eigenvalue weighted by Gasteiger charge is -2.21. The molecule has 0 saturated carbocycles. The molecule has 0 bridgehead atoms. The summed E-state index contributed by atoms with van der Waals surface area (Å²) in [6.07, 6.45) is 6.71. The van der Waals surface area contributed by atoms with Crippen molar-refractivity contribution in [3.05, 3.63) is 83.9 Å². The predicted octanol–water partition coefficient (Wildman–Crippen LogP) is 5.74. The van der Waals surface area contributed by atoms with Gasteiger partial charge in [0.2, 0.25) is 10.0 Å². The SMILES string of the molecule is C=CCN1C(=O)/C(=C/c2cn(-c3ccccc3)nc2-c2cccc(S(=O)(=O)N(CCC)CCC)c2)SC1=S. The molecule has 1 amide bonds. The normalized spacial score (nSPS) is 15.1. The Bertz CT molecular complexity index is 1470. The van der Waals surface area contributed by atoms with Gasteiger partial charge in [0.15, 0.2) is 0 Å². The van der Waals surface area contributed by atoms with E-state index in [9.17, 15) is 13.2 Å². The van der Waals surface area contributed by atoms with Crippen molar-refractivity contribution in [1.29, 1.82) is 0 Å². The van der Waals surface area contributed by atoms with Crippen LogP contribution in [0.3, 0.4) is 0 Å². The van der Waals surface area contributed by atoms with Gasteiger partial charge in [-0.1, -0.05) is 74.2 Å². The molecule has 0 spiro atoms. The van der Waals surface area contributed by atoms with E-state index >= 15 is 0 Å². The fourth-order valence-electron chi connectivity index (χ4n) is 4.16. The first-order valence-corrected chi connectivity index (χ1v) is 15.1. The number of sulfonamides is 1. The van der Waals surface area contributed by atoms with Gasteiger partial charge in [-0.25, -0.2) is 13.1 Å². The molecule has 1 saturated heterocycles. The van der Waals surface area contributed by atoms with Gasteiger partial charge in [0.25, 0.3) is 5.91 Å². The molecule has 1 aromatic heterocycles. The number of para-hydroxylation sites is 1. The average molecular weight is 567 g/mol. The smallest absolute Gasteiger partial charge is 0.266 e. The van der Waals surface area contributed by atoms with E-state index in [1.165, 1.54) is 21.0 Å². The van der Waals surface area contributed by atoms with Crippen LogP contribution in [-0.4, -0.2) is 57.3 Å². The number of carbonyl (C=O) groups excluding carboxylic acids is 1. The summed E-state index contributed by atoms with van der Waals surface area (Å²) in [6.45, 7) is 8.90. The molecule has 0 atom stereocenters. The molecule has 0 N–H and O–H groups in total. The highest BCUT2D eigenvalue weighted by Gasteiger charge is 2.31. The largest absolute Gasteiger partial charge is 0.289 e. The quantitative estimate of drug-likeness (QED) is 0.167. The number of aromatic nitrogens is 2. The Labute approximate surface area is 233 Å². The van der Waals surface area contributed by atoms with Crippen LogP contribution >= 0.6 is 24.0 Å². The number of thioether (sulfide) groups is 1. The first-order chi connectivity index (χ1) is 18.3. The van der Waals surface area contributed by atoms with E-state index in [1.807, 2.05) is 56.4 Å². The third-order valence-corrected chi connectivity index (χ3v) is 9.20. The minimum atomic E-state index is -3.67. The van der Waals surface area contributed by atoms with Gasteiger partial charge in [-0.05, 0) is 43.2 Å². The molecule has 0 unspecified atom stereocenters. The molecule has 38 heavy (non-hydrogen) atoms. The zero-order valence-electron chi connectivity index (χ0n) is 21.4. The number of rotatable bonds is 11. The first-order valence-electron chi connectivity index (χ1n) is 12.4. The summed E-state index contributed by atoms with van der Waals surface area (Å²) >= 11 is 6.63. The summed E-state index contributed by atoms with van der Waals surface area (Å²) < 4.78 is 30.7. The third kappa shape index (κ3) is 5.83. The Morgan fingerprint density at radius 2 is 1.79 bits per heavy atom. The van der Waals surface area contributed by atoms with Gasteiger partial charge in [-0.3, -0.25) is 9.69 Å². The van der Waals surface area contributed by atoms with Crippen molar-refractivity contribution in [2.45, 2.75) is 31.6 Å². The van der Waals surface area contributed by atoms with Crippen molar-refractivity contribution in [3.8, 4) is 16.9 Å². The molecular formula is C28H30N4O3S3. The monoisotopic (exact) mass is 566 g/mol. The molecule has 1 aliphatic heterocycles. The van der Waals surface area contributed by atoms with Crippen molar-refractivity contribution in [1.82, 2.24) is 19.0 Å². The molecule has 7 nitrogen and oxygen atoms in total. The van der Waals surface area contributed by atoms with Crippen LogP contribution in [0.25, 0.3) is 23.0 Å². The minimum absolute atomic E-state index is 0.190. The minimum Gasteiger partial charge on any atom is -0.289 e. The van der Waals surface area contributed by atoms with E-state index in [4.69, 9.17) is 17.3 Å². The zero-order valence-corrected chi connectivity index (χ0v) is 23.9. The lowest BCUT2D eigenvalue weighted by molar-refractivity contribution is -0.121. The Morgan fingerprint density at radius 1 is 1.08 bits per heavy atom. The summed E-state index contributed by atoms with van der Waals surface area (Å²) in [7, 11) is -3.67. The van der Waals surface area contributed by atoms with Gasteiger partial charge in [0.05, 0.1) is 15.5 Å². The van der Waals surface area contributed by atoms with Crippen LogP contribution in [0.1, 0.15) is 32.3 Å². The molecule has 0 aliphatic carbocycles. The number of nitrogens with zero attached hydrogens (tertiary/aromatic N) is 4. The van der Waals surface area contributed by atoms with Gasteiger partial charge in [-0.15, -0.1) is 6.58 Å². The van der Waals surface area contributed by atoms with Crippen LogP contribution in [0.4, 0.5) is 0 Å². The van der Waals surface area contributed by atoms with Gasteiger partial charge in [-0.2, -0.15) is 9.40 Å². The van der Waals surface area contributed by atoms with Crippen molar-refractivity contribution in [2.24, 2.45) is 0 Å². The van der Waals surface area contributed by atoms with Crippen molar-refractivity contribution in [2.75, 3.05) is 19.6 Å². The molecule has 3 aromatic rings.